The average molecular weight is 238 g/mol. The Kier molecular flexibility index (Phi) is 2.61. The molecule has 0 saturated heterocycles. The second kappa shape index (κ2) is 4.27. The Hall–Kier alpha value is -2.13. The number of para-hydroxylation sites is 1. The molecule has 0 aliphatic heterocycles. The zero-order valence-electron chi connectivity index (χ0n) is 10.1. The van der Waals surface area contributed by atoms with E-state index >= 15 is 0 Å². The minimum atomic E-state index is -0.272. The SMILES string of the molecule is Cc1ccncc1C(N)c1cc2ccccc2o1. The van der Waals surface area contributed by atoms with Gasteiger partial charge >= 0.3 is 0 Å². The molecule has 2 N–H and O–H groups in total. The van der Waals surface area contributed by atoms with Crippen molar-refractivity contribution in [3.63, 3.8) is 0 Å². The van der Waals surface area contributed by atoms with Crippen LogP contribution in [0.1, 0.15) is 22.9 Å². The lowest BCUT2D eigenvalue weighted by molar-refractivity contribution is 0.524. The molecule has 3 aromatic rings. The highest BCUT2D eigenvalue weighted by atomic mass is 16.3. The van der Waals surface area contributed by atoms with E-state index in [1.165, 1.54) is 0 Å². The Labute approximate surface area is 105 Å². The third kappa shape index (κ3) is 1.79. The molecule has 0 spiro atoms. The minimum absolute atomic E-state index is 0.272. The highest BCUT2D eigenvalue weighted by Crippen LogP contribution is 2.27. The fourth-order valence-electron chi connectivity index (χ4n) is 2.11. The number of pyridine rings is 1. The largest absolute Gasteiger partial charge is 0.459 e. The van der Waals surface area contributed by atoms with Gasteiger partial charge in [0.1, 0.15) is 11.3 Å². The van der Waals surface area contributed by atoms with Gasteiger partial charge in [-0.15, -0.1) is 0 Å². The van der Waals surface area contributed by atoms with Crippen LogP contribution >= 0.6 is 0 Å². The van der Waals surface area contributed by atoms with Gasteiger partial charge in [-0.2, -0.15) is 0 Å². The van der Waals surface area contributed by atoms with Crippen LogP contribution in [0.3, 0.4) is 0 Å². The van der Waals surface area contributed by atoms with Gasteiger partial charge in [-0.05, 0) is 36.2 Å². The second-order valence-electron chi connectivity index (χ2n) is 4.40. The zero-order chi connectivity index (χ0) is 12.5. The first-order valence-corrected chi connectivity index (χ1v) is 5.90. The summed E-state index contributed by atoms with van der Waals surface area (Å²) in [4.78, 5) is 4.12. The monoisotopic (exact) mass is 238 g/mol. The number of nitrogens with two attached hydrogens (primary N) is 1. The molecule has 3 nitrogen and oxygen atoms in total. The van der Waals surface area contributed by atoms with Crippen molar-refractivity contribution >= 4 is 11.0 Å². The molecule has 3 rings (SSSR count). The topological polar surface area (TPSA) is 52.0 Å². The molecule has 2 aromatic heterocycles. The molecule has 3 heteroatoms. The average Bonchev–Trinajstić information content (AvgIpc) is 2.82. The molecular weight excluding hydrogens is 224 g/mol. The second-order valence-corrected chi connectivity index (χ2v) is 4.40. The number of furan rings is 1. The van der Waals surface area contributed by atoms with Crippen LogP contribution in [0.4, 0.5) is 0 Å². The van der Waals surface area contributed by atoms with Crippen molar-refractivity contribution < 1.29 is 4.42 Å². The highest BCUT2D eigenvalue weighted by molar-refractivity contribution is 5.77. The lowest BCUT2D eigenvalue weighted by atomic mass is 10.0. The van der Waals surface area contributed by atoms with Gasteiger partial charge in [0.05, 0.1) is 6.04 Å². The number of hydrogen-bond donors (Lipinski definition) is 1. The molecule has 0 amide bonds. The standard InChI is InChI=1S/C15H14N2O/c1-10-6-7-17-9-12(10)15(16)14-8-11-4-2-3-5-13(11)18-14/h2-9,15H,16H2,1H3. The van der Waals surface area contributed by atoms with E-state index in [1.807, 2.05) is 43.3 Å². The van der Waals surface area contributed by atoms with Crippen molar-refractivity contribution in [2.24, 2.45) is 5.73 Å². The summed E-state index contributed by atoms with van der Waals surface area (Å²) in [6.07, 6.45) is 3.57. The Bertz CT molecular complexity index is 655. The van der Waals surface area contributed by atoms with Gasteiger partial charge in [-0.1, -0.05) is 18.2 Å². The van der Waals surface area contributed by atoms with Gasteiger partial charge in [0.15, 0.2) is 0 Å². The van der Waals surface area contributed by atoms with Crippen molar-refractivity contribution in [3.8, 4) is 0 Å². The molecule has 18 heavy (non-hydrogen) atoms. The Balaban J connectivity index is 2.07. The molecule has 0 aliphatic carbocycles. The Morgan fingerprint density at radius 2 is 2.06 bits per heavy atom. The van der Waals surface area contributed by atoms with E-state index in [0.717, 1.165) is 27.9 Å². The third-order valence-corrected chi connectivity index (χ3v) is 3.17. The van der Waals surface area contributed by atoms with Gasteiger partial charge in [0.2, 0.25) is 0 Å². The van der Waals surface area contributed by atoms with Crippen LogP contribution in [-0.2, 0) is 0 Å². The van der Waals surface area contributed by atoms with Crippen molar-refractivity contribution in [2.75, 3.05) is 0 Å². The number of nitrogens with zero attached hydrogens (tertiary/aromatic N) is 1. The molecule has 2 heterocycles. The summed E-state index contributed by atoms with van der Waals surface area (Å²) in [5.74, 6) is 0.771. The normalized spacial score (nSPS) is 12.8. The number of benzene rings is 1. The summed E-state index contributed by atoms with van der Waals surface area (Å²) >= 11 is 0. The first-order valence-electron chi connectivity index (χ1n) is 5.90. The maximum Gasteiger partial charge on any atom is 0.134 e. The zero-order valence-corrected chi connectivity index (χ0v) is 10.1. The van der Waals surface area contributed by atoms with Crippen LogP contribution in [0.5, 0.6) is 0 Å². The van der Waals surface area contributed by atoms with Crippen LogP contribution in [0.2, 0.25) is 0 Å². The summed E-state index contributed by atoms with van der Waals surface area (Å²) in [6.45, 7) is 2.03. The molecule has 0 saturated carbocycles. The highest BCUT2D eigenvalue weighted by Gasteiger charge is 2.15. The summed E-state index contributed by atoms with van der Waals surface area (Å²) < 4.78 is 5.79. The van der Waals surface area contributed by atoms with E-state index < -0.39 is 0 Å². The maximum absolute atomic E-state index is 6.25. The molecule has 90 valence electrons. The molecule has 1 unspecified atom stereocenters. The van der Waals surface area contributed by atoms with Gasteiger partial charge in [-0.3, -0.25) is 4.98 Å². The number of hydrogen-bond acceptors (Lipinski definition) is 3. The number of rotatable bonds is 2. The molecule has 0 bridgehead atoms. The molecule has 1 aromatic carbocycles. The molecule has 0 radical (unpaired) electrons. The maximum atomic E-state index is 6.25. The van der Waals surface area contributed by atoms with E-state index in [1.54, 1.807) is 12.4 Å². The summed E-state index contributed by atoms with van der Waals surface area (Å²) in [7, 11) is 0. The summed E-state index contributed by atoms with van der Waals surface area (Å²) in [6, 6.07) is 11.6. The lowest BCUT2D eigenvalue weighted by Crippen LogP contribution is -2.12. The van der Waals surface area contributed by atoms with Crippen molar-refractivity contribution in [2.45, 2.75) is 13.0 Å². The van der Waals surface area contributed by atoms with E-state index in [0.29, 0.717) is 0 Å². The smallest absolute Gasteiger partial charge is 0.134 e. The minimum Gasteiger partial charge on any atom is -0.459 e. The van der Waals surface area contributed by atoms with E-state index in [2.05, 4.69) is 4.98 Å². The van der Waals surface area contributed by atoms with Crippen LogP contribution in [0.15, 0.2) is 53.2 Å². The third-order valence-electron chi connectivity index (χ3n) is 3.17. The molecule has 1 atom stereocenters. The predicted octanol–water partition coefficient (Wildman–Crippen LogP) is 3.18. The van der Waals surface area contributed by atoms with Gasteiger partial charge in [0, 0.05) is 17.8 Å². The molecular formula is C15H14N2O. The fourth-order valence-corrected chi connectivity index (χ4v) is 2.11. The van der Waals surface area contributed by atoms with Crippen LogP contribution in [0.25, 0.3) is 11.0 Å². The van der Waals surface area contributed by atoms with E-state index in [-0.39, 0.29) is 6.04 Å². The van der Waals surface area contributed by atoms with Crippen LogP contribution in [0, 0.1) is 6.92 Å². The van der Waals surface area contributed by atoms with E-state index in [9.17, 15) is 0 Å². The molecule has 0 aliphatic rings. The van der Waals surface area contributed by atoms with E-state index in [4.69, 9.17) is 10.2 Å². The quantitative estimate of drug-likeness (QED) is 0.746. The Morgan fingerprint density at radius 1 is 1.22 bits per heavy atom. The lowest BCUT2D eigenvalue weighted by Gasteiger charge is -2.11. The predicted molar refractivity (Wildman–Crippen MR) is 71.2 cm³/mol. The number of aromatic nitrogens is 1. The summed E-state index contributed by atoms with van der Waals surface area (Å²) in [5.41, 5.74) is 9.23. The molecule has 0 fully saturated rings. The van der Waals surface area contributed by atoms with Gasteiger partial charge in [0.25, 0.3) is 0 Å². The number of fused-ring (bicyclic) bond motifs is 1. The Morgan fingerprint density at radius 3 is 2.83 bits per heavy atom. The van der Waals surface area contributed by atoms with Crippen molar-refractivity contribution in [1.29, 1.82) is 0 Å². The van der Waals surface area contributed by atoms with Gasteiger partial charge in [-0.25, -0.2) is 0 Å². The van der Waals surface area contributed by atoms with Crippen LogP contribution < -0.4 is 5.73 Å². The fraction of sp³-hybridized carbons (Fsp3) is 0.133. The summed E-state index contributed by atoms with van der Waals surface area (Å²) in [5, 5.41) is 1.07. The van der Waals surface area contributed by atoms with Crippen LogP contribution in [-0.4, -0.2) is 4.98 Å². The van der Waals surface area contributed by atoms with Gasteiger partial charge < -0.3 is 10.2 Å². The van der Waals surface area contributed by atoms with Crippen molar-refractivity contribution in [1.82, 2.24) is 4.98 Å². The number of aryl methyl sites for hydroxylation is 1. The first-order chi connectivity index (χ1) is 8.75. The first kappa shape index (κ1) is 11.0. The van der Waals surface area contributed by atoms with Crippen molar-refractivity contribution in [3.05, 3.63) is 65.7 Å².